The quantitative estimate of drug-likeness (QED) is 0.535. The van der Waals surface area contributed by atoms with Crippen LogP contribution >= 0.6 is 11.6 Å². The topological polar surface area (TPSA) is 80.4 Å². The van der Waals surface area contributed by atoms with Crippen molar-refractivity contribution in [2.45, 2.75) is 90.9 Å². The molecule has 1 saturated carbocycles. The largest absolute Gasteiger partial charge is 0.489 e. The summed E-state index contributed by atoms with van der Waals surface area (Å²) in [6.45, 7) is 9.93. The Hall–Kier alpha value is -2.21. The minimum Gasteiger partial charge on any atom is -0.489 e. The number of benzene rings is 1. The Kier molecular flexibility index (Phi) is 7.43. The average Bonchev–Trinajstić information content (AvgIpc) is 2.73. The number of halogens is 1. The van der Waals surface area contributed by atoms with Gasteiger partial charge in [-0.15, -0.1) is 0 Å². The Morgan fingerprint density at radius 3 is 2.56 bits per heavy atom. The molecule has 1 aromatic carbocycles. The maximum Gasteiger partial charge on any atom is 0.407 e. The summed E-state index contributed by atoms with van der Waals surface area (Å²) >= 11 is 6.42. The molecule has 32 heavy (non-hydrogen) atoms. The number of fused-ring (bicyclic) bond motifs is 1. The molecule has 6 nitrogen and oxygen atoms in total. The minimum absolute atomic E-state index is 0.0198. The van der Waals surface area contributed by atoms with Crippen LogP contribution in [0.2, 0.25) is 5.02 Å². The second-order valence-corrected chi connectivity index (χ2v) is 10.2. The van der Waals surface area contributed by atoms with Gasteiger partial charge in [-0.05, 0) is 88.3 Å². The molecule has 0 spiro atoms. The van der Waals surface area contributed by atoms with Gasteiger partial charge in [0.15, 0.2) is 0 Å². The van der Waals surface area contributed by atoms with E-state index in [4.69, 9.17) is 21.1 Å². The number of hydrogen-bond donors (Lipinski definition) is 2. The lowest BCUT2D eigenvalue weighted by Crippen LogP contribution is -2.50. The normalized spacial score (nSPS) is 22.4. The second-order valence-electron chi connectivity index (χ2n) is 9.82. The molecule has 2 aromatic rings. The van der Waals surface area contributed by atoms with E-state index < -0.39 is 5.60 Å². The molecule has 1 fully saturated rings. The van der Waals surface area contributed by atoms with Crippen molar-refractivity contribution in [3.8, 4) is 5.75 Å². The lowest BCUT2D eigenvalue weighted by atomic mass is 9.66. The van der Waals surface area contributed by atoms with Crippen molar-refractivity contribution in [2.75, 3.05) is 0 Å². The van der Waals surface area contributed by atoms with Crippen LogP contribution in [-0.2, 0) is 4.74 Å². The van der Waals surface area contributed by atoms with E-state index in [9.17, 15) is 9.59 Å². The van der Waals surface area contributed by atoms with Gasteiger partial charge in [0, 0.05) is 17.6 Å². The molecule has 176 valence electrons. The molecule has 0 radical (unpaired) electrons. The lowest BCUT2D eigenvalue weighted by Gasteiger charge is -2.45. The molecule has 1 aromatic heterocycles. The van der Waals surface area contributed by atoms with Gasteiger partial charge in [-0.2, -0.15) is 0 Å². The monoisotopic (exact) mass is 462 g/mol. The summed E-state index contributed by atoms with van der Waals surface area (Å²) in [6.07, 6.45) is 6.81. The summed E-state index contributed by atoms with van der Waals surface area (Å²) in [5.74, 6) is 0.609. The molecule has 0 saturated heterocycles. The van der Waals surface area contributed by atoms with Gasteiger partial charge in [0.05, 0.1) is 11.1 Å². The summed E-state index contributed by atoms with van der Waals surface area (Å²) in [5, 5.41) is 4.93. The molecule has 1 atom stereocenters. The van der Waals surface area contributed by atoms with Gasteiger partial charge in [0.25, 0.3) is 5.56 Å². The highest BCUT2D eigenvalue weighted by Crippen LogP contribution is 2.44. The maximum atomic E-state index is 12.4. The number of ether oxygens (including phenoxy) is 2. The molecule has 7 heteroatoms. The Balaban J connectivity index is 1.68. The molecule has 0 aliphatic heterocycles. The highest BCUT2D eigenvalue weighted by molar-refractivity contribution is 6.32. The van der Waals surface area contributed by atoms with Gasteiger partial charge in [0.1, 0.15) is 11.4 Å². The number of pyridine rings is 1. The number of carbonyl (C=O) groups is 1. The number of hydrogen-bond acceptors (Lipinski definition) is 4. The van der Waals surface area contributed by atoms with Crippen molar-refractivity contribution >= 4 is 28.5 Å². The third-order valence-corrected chi connectivity index (χ3v) is 6.89. The van der Waals surface area contributed by atoms with Crippen molar-refractivity contribution in [1.82, 2.24) is 10.3 Å². The molecule has 1 aliphatic rings. The summed E-state index contributed by atoms with van der Waals surface area (Å²) in [6, 6.07) is 5.41. The van der Waals surface area contributed by atoms with E-state index in [0.29, 0.717) is 16.2 Å². The number of aromatic amines is 1. The minimum atomic E-state index is -0.517. The van der Waals surface area contributed by atoms with Crippen molar-refractivity contribution in [3.05, 3.63) is 39.8 Å². The zero-order valence-corrected chi connectivity index (χ0v) is 20.5. The summed E-state index contributed by atoms with van der Waals surface area (Å²) in [5.41, 5.74) is -0.659. The standard InChI is InChI=1S/C25H35ClN2O4/c1-6-21(28-23(30)32-24(3,4)5)25(7-2)11-8-17(9-12-25)31-20-14-16-10-13-27-22(29)18(16)15-19(20)26/h10,13-15,17,21H,6-9,11-12H2,1-5H3,(H,27,29)(H,28,30). The zero-order chi connectivity index (χ0) is 23.5. The van der Waals surface area contributed by atoms with Crippen LogP contribution < -0.4 is 15.6 Å². The molecular formula is C25H35ClN2O4. The fourth-order valence-electron chi connectivity index (χ4n) is 4.83. The highest BCUT2D eigenvalue weighted by Gasteiger charge is 2.41. The number of rotatable bonds is 6. The Morgan fingerprint density at radius 1 is 1.28 bits per heavy atom. The smallest absolute Gasteiger partial charge is 0.407 e. The number of H-pyrrole nitrogens is 1. The molecule has 1 aliphatic carbocycles. The van der Waals surface area contributed by atoms with Crippen molar-refractivity contribution < 1.29 is 14.3 Å². The second kappa shape index (κ2) is 9.74. The van der Waals surface area contributed by atoms with Crippen molar-refractivity contribution in [2.24, 2.45) is 5.41 Å². The van der Waals surface area contributed by atoms with E-state index in [-0.39, 0.29) is 29.2 Å². The van der Waals surface area contributed by atoms with Crippen LogP contribution in [0.25, 0.3) is 10.8 Å². The van der Waals surface area contributed by atoms with Crippen LogP contribution in [0.1, 0.15) is 73.1 Å². The number of nitrogens with one attached hydrogen (secondary N) is 2. The fourth-order valence-corrected chi connectivity index (χ4v) is 5.04. The first-order valence-corrected chi connectivity index (χ1v) is 11.9. The number of alkyl carbamates (subject to hydrolysis) is 1. The van der Waals surface area contributed by atoms with Crippen LogP contribution in [0.15, 0.2) is 29.2 Å². The van der Waals surface area contributed by atoms with E-state index in [1.807, 2.05) is 32.9 Å². The van der Waals surface area contributed by atoms with Crippen LogP contribution in [0.3, 0.4) is 0 Å². The van der Waals surface area contributed by atoms with Crippen LogP contribution in [0.5, 0.6) is 5.75 Å². The number of carbonyl (C=O) groups excluding carboxylic acids is 1. The van der Waals surface area contributed by atoms with Crippen LogP contribution in [0, 0.1) is 5.41 Å². The average molecular weight is 463 g/mol. The van der Waals surface area contributed by atoms with Gasteiger partial charge >= 0.3 is 6.09 Å². The van der Waals surface area contributed by atoms with Crippen molar-refractivity contribution in [3.63, 3.8) is 0 Å². The first kappa shape index (κ1) is 24.4. The maximum absolute atomic E-state index is 12.4. The lowest BCUT2D eigenvalue weighted by molar-refractivity contribution is 0.0249. The van der Waals surface area contributed by atoms with E-state index in [2.05, 4.69) is 24.1 Å². The molecule has 2 N–H and O–H groups in total. The molecule has 1 heterocycles. The van der Waals surface area contributed by atoms with Crippen LogP contribution in [0.4, 0.5) is 4.79 Å². The van der Waals surface area contributed by atoms with Gasteiger partial charge in [0.2, 0.25) is 0 Å². The third-order valence-electron chi connectivity index (χ3n) is 6.59. The predicted octanol–water partition coefficient (Wildman–Crippen LogP) is 6.20. The molecular weight excluding hydrogens is 428 g/mol. The molecule has 0 bridgehead atoms. The van der Waals surface area contributed by atoms with Gasteiger partial charge in [-0.1, -0.05) is 25.4 Å². The third kappa shape index (κ3) is 5.58. The van der Waals surface area contributed by atoms with E-state index in [1.54, 1.807) is 12.3 Å². The molecule has 1 unspecified atom stereocenters. The fraction of sp³-hybridized carbons (Fsp3) is 0.600. The Labute approximate surface area is 195 Å². The summed E-state index contributed by atoms with van der Waals surface area (Å²) in [7, 11) is 0. The first-order chi connectivity index (χ1) is 15.1. The van der Waals surface area contributed by atoms with Gasteiger partial charge < -0.3 is 19.8 Å². The van der Waals surface area contributed by atoms with Crippen molar-refractivity contribution in [1.29, 1.82) is 0 Å². The summed E-state index contributed by atoms with van der Waals surface area (Å²) < 4.78 is 11.8. The van der Waals surface area contributed by atoms with E-state index in [1.165, 1.54) is 0 Å². The Morgan fingerprint density at radius 2 is 1.97 bits per heavy atom. The summed E-state index contributed by atoms with van der Waals surface area (Å²) in [4.78, 5) is 27.1. The number of aromatic nitrogens is 1. The molecule has 3 rings (SSSR count). The molecule has 1 amide bonds. The number of amides is 1. The van der Waals surface area contributed by atoms with Gasteiger partial charge in [-0.3, -0.25) is 4.79 Å². The van der Waals surface area contributed by atoms with E-state index >= 15 is 0 Å². The first-order valence-electron chi connectivity index (χ1n) is 11.5. The van der Waals surface area contributed by atoms with Gasteiger partial charge in [-0.25, -0.2) is 4.79 Å². The Bertz CT molecular complexity index is 1000. The van der Waals surface area contributed by atoms with E-state index in [0.717, 1.165) is 43.9 Å². The van der Waals surface area contributed by atoms with Crippen LogP contribution in [-0.4, -0.2) is 28.8 Å². The predicted molar refractivity (Wildman–Crippen MR) is 129 cm³/mol. The highest BCUT2D eigenvalue weighted by atomic mass is 35.5. The SMILES string of the molecule is CCC(NC(=O)OC(C)(C)C)C1(CC)CCC(Oc2cc3cc[nH]c(=O)c3cc2Cl)CC1. The zero-order valence-electron chi connectivity index (χ0n) is 19.7.